The molecule has 3 heterocycles. The maximum Gasteiger partial charge on any atom is 0.253 e. The molecule has 0 amide bonds. The fourth-order valence-electron chi connectivity index (χ4n) is 4.35. The van der Waals surface area contributed by atoms with Gasteiger partial charge in [-0.15, -0.1) is 10.2 Å². The van der Waals surface area contributed by atoms with E-state index < -0.39 is 0 Å². The van der Waals surface area contributed by atoms with Crippen LogP contribution in [0.1, 0.15) is 36.2 Å². The number of pyridine rings is 2. The third kappa shape index (κ3) is 2.43. The normalized spacial score (nSPS) is 15.5. The molecule has 3 aromatic heterocycles. The predicted molar refractivity (Wildman–Crippen MR) is 109 cm³/mol. The summed E-state index contributed by atoms with van der Waals surface area (Å²) in [6.07, 6.45) is 7.36. The second kappa shape index (κ2) is 6.16. The Labute approximate surface area is 163 Å². The quantitative estimate of drug-likeness (QED) is 0.550. The monoisotopic (exact) mass is 370 g/mol. The lowest BCUT2D eigenvalue weighted by molar-refractivity contribution is 0.283. The third-order valence-corrected chi connectivity index (χ3v) is 6.06. The maximum atomic E-state index is 12.0. The van der Waals surface area contributed by atoms with E-state index in [4.69, 9.17) is 0 Å². The van der Waals surface area contributed by atoms with Gasteiger partial charge in [0, 0.05) is 25.0 Å². The van der Waals surface area contributed by atoms with Crippen LogP contribution in [0.15, 0.2) is 65.7 Å². The average Bonchev–Trinajstić information content (AvgIpc) is 3.09. The summed E-state index contributed by atoms with van der Waals surface area (Å²) in [5, 5.41) is 9.04. The molecule has 0 bridgehead atoms. The Balaban J connectivity index is 1.69. The van der Waals surface area contributed by atoms with Crippen molar-refractivity contribution in [2.45, 2.75) is 31.6 Å². The molecular weight excluding hydrogens is 348 g/mol. The van der Waals surface area contributed by atoms with Crippen LogP contribution in [0.5, 0.6) is 0 Å². The largest absolute Gasteiger partial charge is 0.318 e. The molecule has 1 aliphatic carbocycles. The second-order valence-corrected chi connectivity index (χ2v) is 7.80. The minimum atomic E-state index is -0.0707. The van der Waals surface area contributed by atoms with Crippen LogP contribution in [-0.2, 0) is 12.5 Å². The van der Waals surface area contributed by atoms with Crippen LogP contribution in [0.4, 0.5) is 0 Å². The van der Waals surface area contributed by atoms with Gasteiger partial charge in [0.2, 0.25) is 0 Å². The van der Waals surface area contributed by atoms with Gasteiger partial charge in [0.25, 0.3) is 5.56 Å². The van der Waals surface area contributed by atoms with E-state index in [0.717, 1.165) is 41.0 Å². The Kier molecular flexibility index (Phi) is 3.72. The number of benzene rings is 1. The summed E-state index contributed by atoms with van der Waals surface area (Å²) in [5.41, 5.74) is 4.93. The van der Waals surface area contributed by atoms with Gasteiger partial charge in [-0.3, -0.25) is 9.20 Å². The first-order valence-electron chi connectivity index (χ1n) is 9.67. The zero-order chi connectivity index (χ0) is 19.3. The molecule has 0 unspecified atom stereocenters. The van der Waals surface area contributed by atoms with Gasteiger partial charge < -0.3 is 4.57 Å². The molecule has 140 valence electrons. The van der Waals surface area contributed by atoms with Crippen molar-refractivity contribution < 1.29 is 0 Å². The predicted octanol–water partition coefficient (Wildman–Crippen LogP) is 3.87. The van der Waals surface area contributed by atoms with Crippen LogP contribution in [0.3, 0.4) is 0 Å². The molecule has 1 aromatic carbocycles. The number of aryl methyl sites for hydroxylation is 2. The summed E-state index contributed by atoms with van der Waals surface area (Å²) < 4.78 is 3.77. The van der Waals surface area contributed by atoms with Crippen molar-refractivity contribution in [2.75, 3.05) is 0 Å². The molecule has 0 saturated heterocycles. The molecule has 5 heteroatoms. The summed E-state index contributed by atoms with van der Waals surface area (Å²) in [6, 6.07) is 16.6. The summed E-state index contributed by atoms with van der Waals surface area (Å²) >= 11 is 0. The first-order valence-corrected chi connectivity index (χ1v) is 9.67. The number of hydrogen-bond donors (Lipinski definition) is 0. The molecule has 0 radical (unpaired) electrons. The third-order valence-electron chi connectivity index (χ3n) is 6.06. The van der Waals surface area contributed by atoms with Gasteiger partial charge in [0.05, 0.1) is 5.41 Å². The van der Waals surface area contributed by atoms with E-state index in [-0.39, 0.29) is 11.0 Å². The highest BCUT2D eigenvalue weighted by molar-refractivity contribution is 5.64. The Morgan fingerprint density at radius 2 is 1.75 bits per heavy atom. The molecule has 5 nitrogen and oxygen atoms in total. The van der Waals surface area contributed by atoms with Crippen LogP contribution >= 0.6 is 0 Å². The van der Waals surface area contributed by atoms with Gasteiger partial charge in [-0.1, -0.05) is 36.8 Å². The van der Waals surface area contributed by atoms with Crippen molar-refractivity contribution in [3.8, 4) is 11.1 Å². The van der Waals surface area contributed by atoms with Crippen molar-refractivity contribution in [1.82, 2.24) is 19.2 Å². The fourth-order valence-corrected chi connectivity index (χ4v) is 4.35. The molecular formula is C23H22N4O. The Morgan fingerprint density at radius 1 is 0.964 bits per heavy atom. The first kappa shape index (κ1) is 16.9. The number of aromatic nitrogens is 4. The van der Waals surface area contributed by atoms with E-state index >= 15 is 0 Å². The lowest BCUT2D eigenvalue weighted by Crippen LogP contribution is -2.37. The van der Waals surface area contributed by atoms with E-state index in [9.17, 15) is 4.79 Å². The zero-order valence-corrected chi connectivity index (χ0v) is 16.1. The van der Waals surface area contributed by atoms with Crippen molar-refractivity contribution in [3.05, 3.63) is 88.2 Å². The molecule has 28 heavy (non-hydrogen) atoms. The lowest BCUT2D eigenvalue weighted by atomic mass is 9.64. The van der Waals surface area contributed by atoms with Crippen molar-refractivity contribution in [3.63, 3.8) is 0 Å². The number of fused-ring (bicyclic) bond motifs is 1. The van der Waals surface area contributed by atoms with Crippen LogP contribution in [0, 0.1) is 6.92 Å². The maximum absolute atomic E-state index is 12.0. The van der Waals surface area contributed by atoms with Gasteiger partial charge in [-0.2, -0.15) is 0 Å². The molecule has 4 aromatic rings. The highest BCUT2D eigenvalue weighted by Crippen LogP contribution is 2.48. The Bertz CT molecular complexity index is 1210. The smallest absolute Gasteiger partial charge is 0.253 e. The van der Waals surface area contributed by atoms with Crippen LogP contribution in [0.25, 0.3) is 16.8 Å². The first-order chi connectivity index (χ1) is 13.6. The molecule has 0 N–H and O–H groups in total. The lowest BCUT2D eigenvalue weighted by Gasteiger charge is -2.40. The molecule has 1 fully saturated rings. The van der Waals surface area contributed by atoms with Gasteiger partial charge >= 0.3 is 0 Å². The SMILES string of the molecule is Cc1cc(-c2ccc3nnc(C4(c5ccccc5)CCC4)n3c2)cn(C)c1=O. The molecule has 0 atom stereocenters. The summed E-state index contributed by atoms with van der Waals surface area (Å²) in [7, 11) is 1.79. The Morgan fingerprint density at radius 3 is 2.43 bits per heavy atom. The summed E-state index contributed by atoms with van der Waals surface area (Å²) in [4.78, 5) is 12.0. The van der Waals surface area contributed by atoms with Crippen LogP contribution in [-0.4, -0.2) is 19.2 Å². The number of hydrogen-bond acceptors (Lipinski definition) is 3. The summed E-state index contributed by atoms with van der Waals surface area (Å²) in [6.45, 7) is 1.85. The van der Waals surface area contributed by atoms with Gasteiger partial charge in [-0.05, 0) is 54.7 Å². The van der Waals surface area contributed by atoms with E-state index in [0.29, 0.717) is 0 Å². The minimum absolute atomic E-state index is 0.0345. The number of rotatable bonds is 3. The van der Waals surface area contributed by atoms with Gasteiger partial charge in [0.1, 0.15) is 5.82 Å². The van der Waals surface area contributed by atoms with Gasteiger partial charge in [0.15, 0.2) is 5.65 Å². The van der Waals surface area contributed by atoms with E-state index in [1.807, 2.05) is 31.3 Å². The highest BCUT2D eigenvalue weighted by atomic mass is 16.1. The van der Waals surface area contributed by atoms with E-state index in [2.05, 4.69) is 51.1 Å². The molecule has 1 saturated carbocycles. The topological polar surface area (TPSA) is 52.2 Å². The average molecular weight is 370 g/mol. The second-order valence-electron chi connectivity index (χ2n) is 7.80. The minimum Gasteiger partial charge on any atom is -0.318 e. The molecule has 0 spiro atoms. The van der Waals surface area contributed by atoms with E-state index in [1.165, 1.54) is 12.0 Å². The van der Waals surface area contributed by atoms with Crippen LogP contribution < -0.4 is 5.56 Å². The Hall–Kier alpha value is -3.21. The zero-order valence-electron chi connectivity index (χ0n) is 16.1. The van der Waals surface area contributed by atoms with Crippen molar-refractivity contribution >= 4 is 5.65 Å². The molecule has 1 aliphatic rings. The number of nitrogens with zero attached hydrogens (tertiary/aromatic N) is 4. The fraction of sp³-hybridized carbons (Fsp3) is 0.261. The van der Waals surface area contributed by atoms with E-state index in [1.54, 1.807) is 11.6 Å². The highest BCUT2D eigenvalue weighted by Gasteiger charge is 2.44. The molecule has 5 rings (SSSR count). The van der Waals surface area contributed by atoms with Crippen molar-refractivity contribution in [1.29, 1.82) is 0 Å². The van der Waals surface area contributed by atoms with Gasteiger partial charge in [-0.25, -0.2) is 0 Å². The molecule has 0 aliphatic heterocycles. The summed E-state index contributed by atoms with van der Waals surface area (Å²) in [5.74, 6) is 1.00. The van der Waals surface area contributed by atoms with Crippen LogP contribution in [0.2, 0.25) is 0 Å². The van der Waals surface area contributed by atoms with Crippen molar-refractivity contribution in [2.24, 2.45) is 7.05 Å². The standard InChI is InChI=1S/C23H22N4O/c1-16-13-18(14-26(2)21(16)28)17-9-10-20-24-25-22(27(20)15-17)23(11-6-12-23)19-7-4-3-5-8-19/h3-5,7-10,13-15H,6,11-12H2,1-2H3.